The Balaban J connectivity index is 2.19. The van der Waals surface area contributed by atoms with Gasteiger partial charge in [0.15, 0.2) is 0 Å². The zero-order chi connectivity index (χ0) is 17.0. The maximum atomic E-state index is 11.8. The van der Waals surface area contributed by atoms with E-state index in [-0.39, 0.29) is 6.42 Å². The van der Waals surface area contributed by atoms with Gasteiger partial charge < -0.3 is 15.2 Å². The number of amides is 1. The summed E-state index contributed by atoms with van der Waals surface area (Å²) in [6.45, 7) is 5.13. The molecule has 23 heavy (non-hydrogen) atoms. The number of carbonyl (C=O) groups is 2. The summed E-state index contributed by atoms with van der Waals surface area (Å²) in [6.07, 6.45) is 0.644. The van der Waals surface area contributed by atoms with Gasteiger partial charge in [-0.1, -0.05) is 18.2 Å². The number of ether oxygens (including phenoxy) is 1. The normalized spacial score (nSPS) is 12.7. The zero-order valence-electron chi connectivity index (χ0n) is 13.2. The van der Waals surface area contributed by atoms with Crippen LogP contribution in [0.2, 0.25) is 0 Å². The van der Waals surface area contributed by atoms with E-state index in [1.54, 1.807) is 20.8 Å². The number of rotatable bonds is 4. The second-order valence-electron chi connectivity index (χ2n) is 6.08. The summed E-state index contributed by atoms with van der Waals surface area (Å²) in [7, 11) is 0. The third-order valence-electron chi connectivity index (χ3n) is 3.01. The van der Waals surface area contributed by atoms with E-state index in [0.29, 0.717) is 5.69 Å². The standard InChI is InChI=1S/C16H19N3O4/c1-16(2,3)23-15(22)19-13(14(20)21)8-12-10-6-4-5-7-11(10)17-9-18-12/h4-7,9,13H,8H2,1-3H3,(H,19,22)(H,20,21)/t13-/m0/s1. The monoisotopic (exact) mass is 317 g/mol. The molecule has 2 rings (SSSR count). The van der Waals surface area contributed by atoms with Crippen LogP contribution in [0.5, 0.6) is 0 Å². The molecule has 122 valence electrons. The molecule has 0 fully saturated rings. The van der Waals surface area contributed by atoms with Crippen LogP contribution in [0.3, 0.4) is 0 Å². The van der Waals surface area contributed by atoms with E-state index in [2.05, 4.69) is 15.3 Å². The van der Waals surface area contributed by atoms with Crippen LogP contribution in [0.25, 0.3) is 10.9 Å². The SMILES string of the molecule is CC(C)(C)OC(=O)N[C@@H](Cc1ncnc2ccccc12)C(=O)O. The lowest BCUT2D eigenvalue weighted by molar-refractivity contribution is -0.139. The Morgan fingerprint density at radius 2 is 1.96 bits per heavy atom. The summed E-state index contributed by atoms with van der Waals surface area (Å²) in [5.74, 6) is -1.15. The van der Waals surface area contributed by atoms with Crippen molar-refractivity contribution in [1.29, 1.82) is 0 Å². The largest absolute Gasteiger partial charge is 0.480 e. The molecule has 0 saturated carbocycles. The molecule has 1 aromatic carbocycles. The number of fused-ring (bicyclic) bond motifs is 1. The van der Waals surface area contributed by atoms with Gasteiger partial charge in [0.1, 0.15) is 18.0 Å². The number of para-hydroxylation sites is 1. The topological polar surface area (TPSA) is 101 Å². The molecule has 1 heterocycles. The van der Waals surface area contributed by atoms with Crippen molar-refractivity contribution in [3.63, 3.8) is 0 Å². The third-order valence-corrected chi connectivity index (χ3v) is 3.01. The number of carboxylic acids is 1. The smallest absolute Gasteiger partial charge is 0.408 e. The summed E-state index contributed by atoms with van der Waals surface area (Å²) in [6, 6.07) is 6.16. The van der Waals surface area contributed by atoms with Crippen molar-refractivity contribution in [3.05, 3.63) is 36.3 Å². The van der Waals surface area contributed by atoms with E-state index >= 15 is 0 Å². The second kappa shape index (κ2) is 6.60. The first-order chi connectivity index (χ1) is 10.8. The Bertz CT molecular complexity index is 719. The molecule has 0 spiro atoms. The molecule has 0 saturated heterocycles. The number of hydrogen-bond acceptors (Lipinski definition) is 5. The molecule has 2 N–H and O–H groups in total. The van der Waals surface area contributed by atoms with Crippen molar-refractivity contribution in [2.24, 2.45) is 0 Å². The molecular weight excluding hydrogens is 298 g/mol. The van der Waals surface area contributed by atoms with Gasteiger partial charge >= 0.3 is 12.1 Å². The molecular formula is C16H19N3O4. The third kappa shape index (κ3) is 4.64. The minimum Gasteiger partial charge on any atom is -0.480 e. The quantitative estimate of drug-likeness (QED) is 0.896. The molecule has 7 heteroatoms. The minimum atomic E-state index is -1.15. The van der Waals surface area contributed by atoms with Crippen molar-refractivity contribution in [3.8, 4) is 0 Å². The number of carbonyl (C=O) groups excluding carboxylic acids is 1. The lowest BCUT2D eigenvalue weighted by atomic mass is 10.1. The van der Waals surface area contributed by atoms with E-state index < -0.39 is 23.7 Å². The summed E-state index contributed by atoms with van der Waals surface area (Å²) in [4.78, 5) is 31.5. The molecule has 0 aliphatic heterocycles. The van der Waals surface area contributed by atoms with Gasteiger partial charge in [-0.15, -0.1) is 0 Å². The van der Waals surface area contributed by atoms with Crippen molar-refractivity contribution in [1.82, 2.24) is 15.3 Å². The van der Waals surface area contributed by atoms with Gasteiger partial charge in [-0.2, -0.15) is 0 Å². The van der Waals surface area contributed by atoms with Crippen molar-refractivity contribution < 1.29 is 19.4 Å². The number of benzene rings is 1. The van der Waals surface area contributed by atoms with Gasteiger partial charge in [0.05, 0.1) is 11.2 Å². The fraction of sp³-hybridized carbons (Fsp3) is 0.375. The molecule has 2 aromatic rings. The van der Waals surface area contributed by atoms with Crippen LogP contribution in [0, 0.1) is 0 Å². The minimum absolute atomic E-state index is 0.0393. The lowest BCUT2D eigenvalue weighted by Gasteiger charge is -2.22. The van der Waals surface area contributed by atoms with E-state index in [4.69, 9.17) is 4.74 Å². The molecule has 7 nitrogen and oxygen atoms in total. The van der Waals surface area contributed by atoms with Crippen LogP contribution in [0.1, 0.15) is 26.5 Å². The molecule has 0 aliphatic rings. The van der Waals surface area contributed by atoms with Crippen molar-refractivity contribution >= 4 is 23.0 Å². The summed E-state index contributed by atoms with van der Waals surface area (Å²) in [5.41, 5.74) is 0.576. The number of nitrogens with zero attached hydrogens (tertiary/aromatic N) is 2. The highest BCUT2D eigenvalue weighted by Gasteiger charge is 2.25. The summed E-state index contributed by atoms with van der Waals surface area (Å²) < 4.78 is 5.10. The Kier molecular flexibility index (Phi) is 4.78. The van der Waals surface area contributed by atoms with E-state index in [0.717, 1.165) is 10.9 Å². The van der Waals surface area contributed by atoms with Gasteiger partial charge in [0.2, 0.25) is 0 Å². The first-order valence-corrected chi connectivity index (χ1v) is 7.17. The zero-order valence-corrected chi connectivity index (χ0v) is 13.2. The average Bonchev–Trinajstić information content (AvgIpc) is 2.44. The van der Waals surface area contributed by atoms with E-state index in [1.165, 1.54) is 6.33 Å². The summed E-state index contributed by atoms with van der Waals surface area (Å²) >= 11 is 0. The number of nitrogens with one attached hydrogen (secondary N) is 1. The Morgan fingerprint density at radius 3 is 2.61 bits per heavy atom. The first-order valence-electron chi connectivity index (χ1n) is 7.17. The number of hydrogen-bond donors (Lipinski definition) is 2. The lowest BCUT2D eigenvalue weighted by Crippen LogP contribution is -2.44. The van der Waals surface area contributed by atoms with Crippen LogP contribution >= 0.6 is 0 Å². The number of alkyl carbamates (subject to hydrolysis) is 1. The van der Waals surface area contributed by atoms with Crippen LogP contribution in [0.15, 0.2) is 30.6 Å². The second-order valence-corrected chi connectivity index (χ2v) is 6.08. The van der Waals surface area contributed by atoms with Crippen molar-refractivity contribution in [2.75, 3.05) is 0 Å². The number of aliphatic carboxylic acids is 1. The molecule has 0 bridgehead atoms. The molecule has 0 unspecified atom stereocenters. The van der Waals surface area contributed by atoms with Crippen molar-refractivity contribution in [2.45, 2.75) is 38.8 Å². The highest BCUT2D eigenvalue weighted by atomic mass is 16.6. The van der Waals surface area contributed by atoms with Gasteiger partial charge in [0, 0.05) is 11.8 Å². The molecule has 1 aromatic heterocycles. The fourth-order valence-electron chi connectivity index (χ4n) is 2.07. The predicted octanol–water partition coefficient (Wildman–Crippen LogP) is 2.15. The van der Waals surface area contributed by atoms with Crippen LogP contribution < -0.4 is 5.32 Å². The Hall–Kier alpha value is -2.70. The maximum absolute atomic E-state index is 11.8. The molecule has 0 aliphatic carbocycles. The highest BCUT2D eigenvalue weighted by molar-refractivity contribution is 5.83. The van der Waals surface area contributed by atoms with Gasteiger partial charge in [-0.3, -0.25) is 0 Å². The number of aromatic nitrogens is 2. The van der Waals surface area contributed by atoms with Crippen LogP contribution in [0.4, 0.5) is 4.79 Å². The fourth-order valence-corrected chi connectivity index (χ4v) is 2.07. The van der Waals surface area contributed by atoms with Gasteiger partial charge in [0.25, 0.3) is 0 Å². The number of carboxylic acid groups (broad SMARTS) is 1. The van der Waals surface area contributed by atoms with Gasteiger partial charge in [-0.05, 0) is 26.8 Å². The van der Waals surface area contributed by atoms with Crippen LogP contribution in [-0.4, -0.2) is 38.8 Å². The Morgan fingerprint density at radius 1 is 1.26 bits per heavy atom. The highest BCUT2D eigenvalue weighted by Crippen LogP contribution is 2.16. The summed E-state index contributed by atoms with van der Waals surface area (Å²) in [5, 5.41) is 12.5. The van der Waals surface area contributed by atoms with E-state index in [1.807, 2.05) is 24.3 Å². The van der Waals surface area contributed by atoms with Gasteiger partial charge in [-0.25, -0.2) is 19.6 Å². The predicted molar refractivity (Wildman–Crippen MR) is 84.0 cm³/mol. The Labute approximate surface area is 133 Å². The maximum Gasteiger partial charge on any atom is 0.408 e. The molecule has 1 atom stereocenters. The van der Waals surface area contributed by atoms with E-state index in [9.17, 15) is 14.7 Å². The molecule has 1 amide bonds. The molecule has 0 radical (unpaired) electrons. The average molecular weight is 317 g/mol. The van der Waals surface area contributed by atoms with Crippen LogP contribution in [-0.2, 0) is 16.0 Å². The first kappa shape index (κ1) is 16.7.